The highest BCUT2D eigenvalue weighted by molar-refractivity contribution is 5.72. The number of aliphatic hydroxyl groups excluding tert-OH is 2. The fraction of sp³-hybridized carbons (Fsp3) is 0.833. The third kappa shape index (κ3) is 18.3. The molecule has 2 saturated heterocycles. The number of rotatable bonds is 16. The molecule has 3 aliphatic heterocycles. The van der Waals surface area contributed by atoms with Crippen LogP contribution in [-0.2, 0) is 57.1 Å². The number of esters is 3. The Bertz CT molecular complexity index is 1470. The Morgan fingerprint density at radius 2 is 1.57 bits per heavy atom. The minimum absolute atomic E-state index is 0.000517. The molecule has 0 aromatic carbocycles. The van der Waals surface area contributed by atoms with Crippen molar-refractivity contribution in [2.75, 3.05) is 40.8 Å². The Morgan fingerprint density at radius 3 is 2.11 bits per heavy atom. The number of ether oxygens (including phenoxy) is 8. The quantitative estimate of drug-likeness (QED) is 0.111. The average molecular weight is 929 g/mol. The lowest BCUT2D eigenvalue weighted by molar-refractivity contribution is -0.344. The molecule has 376 valence electrons. The van der Waals surface area contributed by atoms with Gasteiger partial charge in [0, 0.05) is 39.2 Å². The summed E-state index contributed by atoms with van der Waals surface area (Å²) in [5, 5.41) is 34.6. The molecule has 0 aliphatic carbocycles. The first-order valence-electron chi connectivity index (χ1n) is 23.7. The van der Waals surface area contributed by atoms with E-state index in [0.29, 0.717) is 12.8 Å². The van der Waals surface area contributed by atoms with Crippen molar-refractivity contribution in [3.63, 3.8) is 0 Å². The van der Waals surface area contributed by atoms with E-state index in [4.69, 9.17) is 37.9 Å². The maximum Gasteiger partial charge on any atom is 0.309 e. The summed E-state index contributed by atoms with van der Waals surface area (Å²) in [6.07, 6.45) is -3.41. The molecule has 3 rings (SSSR count). The molecular formula is C48H84N2O15. The van der Waals surface area contributed by atoms with Gasteiger partial charge in [0.1, 0.15) is 42.4 Å². The number of allylic oxidation sites excluding steroid dienone is 2. The van der Waals surface area contributed by atoms with Gasteiger partial charge in [0.2, 0.25) is 0 Å². The number of carbonyl (C=O) groups is 4. The molecule has 0 saturated carbocycles. The van der Waals surface area contributed by atoms with Gasteiger partial charge in [-0.3, -0.25) is 14.4 Å². The van der Waals surface area contributed by atoms with E-state index in [9.17, 15) is 34.5 Å². The van der Waals surface area contributed by atoms with Crippen LogP contribution in [0.5, 0.6) is 0 Å². The Morgan fingerprint density at radius 1 is 0.908 bits per heavy atom. The molecule has 3 N–H and O–H groups in total. The molecule has 3 aliphatic rings. The summed E-state index contributed by atoms with van der Waals surface area (Å²) in [4.78, 5) is 54.9. The number of carbonyl (C=O) groups excluding carboxylic acids is 4. The lowest BCUT2D eigenvalue weighted by Crippen LogP contribution is -2.66. The molecule has 3 heterocycles. The molecule has 10 unspecified atom stereocenters. The van der Waals surface area contributed by atoms with E-state index in [1.807, 2.05) is 19.9 Å². The Kier molecular flexibility index (Phi) is 26.1. The minimum Gasteiger partial charge on any atom is -0.462 e. The molecule has 65 heavy (non-hydrogen) atoms. The van der Waals surface area contributed by atoms with Gasteiger partial charge in [-0.25, -0.2) is 0 Å². The summed E-state index contributed by atoms with van der Waals surface area (Å²) < 4.78 is 48.7. The van der Waals surface area contributed by atoms with Crippen molar-refractivity contribution in [2.45, 2.75) is 206 Å². The number of cyclic esters (lactones) is 1. The predicted molar refractivity (Wildman–Crippen MR) is 243 cm³/mol. The first-order chi connectivity index (χ1) is 30.7. The number of hydrogen-bond donors (Lipinski definition) is 3. The lowest BCUT2D eigenvalue weighted by atomic mass is 9.82. The summed E-state index contributed by atoms with van der Waals surface area (Å²) >= 11 is 0. The van der Waals surface area contributed by atoms with Crippen molar-refractivity contribution >= 4 is 24.2 Å². The van der Waals surface area contributed by atoms with Crippen LogP contribution in [0.1, 0.15) is 121 Å². The molecule has 16 atom stereocenters. The zero-order valence-corrected chi connectivity index (χ0v) is 41.5. The summed E-state index contributed by atoms with van der Waals surface area (Å²) in [6, 6.07) is -0.779. The number of aldehydes is 1. The standard InChI is InChI=1S/C42H69NO15.C6H15N/c1-11-16-32(47)56-40-27(6)53-34(23-42(40,7)50)57-37-26(5)54-41(36(49)35(37)43(8)9)58-38-28(19-20-44)21-24(3)29(45)18-15-13-14-17-25(4)52-33(48)22-30(39(38)51-10)55-31(46)12-2;1-4-7(5-2)6-3/h13-15,18,20,24-30,34-41,45,49-50H,11-12,16-17,19,21-23H2,1-10H3;4-6H2,1-3H3/t24-,25-,26?,27?,28+,29?,30-,34?,35?,36?,37?,38+,39+,40?,41?,42?;/m1./s1. The summed E-state index contributed by atoms with van der Waals surface area (Å²) in [5.74, 6) is -2.79. The monoisotopic (exact) mass is 929 g/mol. The van der Waals surface area contributed by atoms with Crippen LogP contribution in [0, 0.1) is 11.8 Å². The number of aliphatic hydroxyl groups is 3. The highest BCUT2D eigenvalue weighted by Gasteiger charge is 2.53. The molecular weight excluding hydrogens is 845 g/mol. The van der Waals surface area contributed by atoms with Crippen LogP contribution >= 0.6 is 0 Å². The smallest absolute Gasteiger partial charge is 0.309 e. The third-order valence-corrected chi connectivity index (χ3v) is 12.4. The van der Waals surface area contributed by atoms with Crippen LogP contribution in [0.3, 0.4) is 0 Å². The molecule has 0 aromatic heterocycles. The average Bonchev–Trinajstić information content (AvgIpc) is 3.23. The Labute approximate surface area is 388 Å². The van der Waals surface area contributed by atoms with E-state index in [1.165, 1.54) is 26.7 Å². The van der Waals surface area contributed by atoms with Crippen LogP contribution in [0.15, 0.2) is 24.3 Å². The number of methoxy groups -OCH3 is 1. The second-order valence-corrected chi connectivity index (χ2v) is 18.0. The molecule has 0 amide bonds. The maximum absolute atomic E-state index is 13.3. The normalized spacial score (nSPS) is 36.3. The predicted octanol–water partition coefficient (Wildman–Crippen LogP) is 4.51. The van der Waals surface area contributed by atoms with Crippen LogP contribution in [0.25, 0.3) is 0 Å². The van der Waals surface area contributed by atoms with Gasteiger partial charge in [-0.2, -0.15) is 0 Å². The summed E-state index contributed by atoms with van der Waals surface area (Å²) in [7, 11) is 4.87. The van der Waals surface area contributed by atoms with E-state index < -0.39 is 121 Å². The fourth-order valence-electron chi connectivity index (χ4n) is 8.67. The molecule has 0 radical (unpaired) electrons. The largest absolute Gasteiger partial charge is 0.462 e. The summed E-state index contributed by atoms with van der Waals surface area (Å²) in [5.41, 5.74) is -1.49. The highest BCUT2D eigenvalue weighted by Crippen LogP contribution is 2.38. The number of nitrogens with zero attached hydrogens (tertiary/aromatic N) is 2. The van der Waals surface area contributed by atoms with Crippen molar-refractivity contribution in [2.24, 2.45) is 11.8 Å². The van der Waals surface area contributed by atoms with Gasteiger partial charge in [0.15, 0.2) is 18.7 Å². The van der Waals surface area contributed by atoms with E-state index in [2.05, 4.69) is 25.7 Å². The minimum atomic E-state index is -1.49. The van der Waals surface area contributed by atoms with Crippen molar-refractivity contribution in [1.29, 1.82) is 0 Å². The Hall–Kier alpha value is -2.84. The Balaban J connectivity index is 0.00000191. The van der Waals surface area contributed by atoms with Crippen LogP contribution < -0.4 is 0 Å². The molecule has 17 nitrogen and oxygen atoms in total. The van der Waals surface area contributed by atoms with E-state index in [-0.39, 0.29) is 32.1 Å². The molecule has 0 bridgehead atoms. The lowest BCUT2D eigenvalue weighted by Gasteiger charge is -2.50. The van der Waals surface area contributed by atoms with Gasteiger partial charge in [0.05, 0.1) is 36.9 Å². The van der Waals surface area contributed by atoms with Crippen molar-refractivity contribution in [1.82, 2.24) is 9.80 Å². The fourth-order valence-corrected chi connectivity index (χ4v) is 8.67. The second-order valence-electron chi connectivity index (χ2n) is 18.0. The van der Waals surface area contributed by atoms with Crippen molar-refractivity contribution in [3.05, 3.63) is 24.3 Å². The van der Waals surface area contributed by atoms with Gasteiger partial charge < -0.3 is 67.8 Å². The summed E-state index contributed by atoms with van der Waals surface area (Å²) in [6.45, 7) is 22.1. The molecule has 0 aromatic rings. The SMILES string of the molecule is CCCC(=O)OC1C(C)OC(OC2C(C)OC(O[C@H]3[C@@H](CC=O)C[C@@H](C)C(O)C=CC=CC[C@@H](C)OC(=O)C[C@@H](OC(=O)CC)[C@@H]3OC)C(O)C2N(C)C)CC1(C)O.CCN(CC)CC. The van der Waals surface area contributed by atoms with Gasteiger partial charge in [-0.15, -0.1) is 0 Å². The van der Waals surface area contributed by atoms with Crippen LogP contribution in [0.4, 0.5) is 0 Å². The molecule has 0 spiro atoms. The van der Waals surface area contributed by atoms with Crippen molar-refractivity contribution < 1.29 is 72.4 Å². The zero-order chi connectivity index (χ0) is 49.0. The van der Waals surface area contributed by atoms with E-state index in [1.54, 1.807) is 71.8 Å². The van der Waals surface area contributed by atoms with Gasteiger partial charge in [0.25, 0.3) is 0 Å². The zero-order valence-electron chi connectivity index (χ0n) is 41.5. The van der Waals surface area contributed by atoms with Crippen LogP contribution in [0.2, 0.25) is 0 Å². The number of likely N-dealkylation sites (N-methyl/N-ethyl adjacent to an activating group) is 1. The van der Waals surface area contributed by atoms with Gasteiger partial charge in [-0.05, 0) is 86.1 Å². The van der Waals surface area contributed by atoms with E-state index >= 15 is 0 Å². The van der Waals surface area contributed by atoms with Crippen molar-refractivity contribution in [3.8, 4) is 0 Å². The maximum atomic E-state index is 13.3. The molecule has 17 heteroatoms. The van der Waals surface area contributed by atoms with E-state index in [0.717, 1.165) is 6.29 Å². The highest BCUT2D eigenvalue weighted by atomic mass is 16.7. The first kappa shape index (κ1) is 58.3. The second kappa shape index (κ2) is 29.1. The van der Waals surface area contributed by atoms with Gasteiger partial charge >= 0.3 is 17.9 Å². The van der Waals surface area contributed by atoms with Crippen LogP contribution in [-0.4, -0.2) is 175 Å². The van der Waals surface area contributed by atoms with Gasteiger partial charge in [-0.1, -0.05) is 65.8 Å². The molecule has 2 fully saturated rings. The number of hydrogen-bond acceptors (Lipinski definition) is 17. The first-order valence-corrected chi connectivity index (χ1v) is 23.7. The third-order valence-electron chi connectivity index (χ3n) is 12.4. The topological polar surface area (TPSA) is 209 Å².